The van der Waals surface area contributed by atoms with Crippen LogP contribution in [0, 0.1) is 11.7 Å². The Morgan fingerprint density at radius 2 is 1.67 bits per heavy atom. The number of aryl methyl sites for hydroxylation is 1. The summed E-state index contributed by atoms with van der Waals surface area (Å²) < 4.78 is 13.3. The Hall–Kier alpha value is -2.27. The third-order valence-electron chi connectivity index (χ3n) is 3.43. The van der Waals surface area contributed by atoms with Crippen LogP contribution in [0.1, 0.15) is 5.56 Å². The quantitative estimate of drug-likeness (QED) is 0.743. The number of methoxy groups -OCH3 is 2. The molecule has 108 valence electrons. The number of fused-ring (bicyclic) bond motifs is 1. The second kappa shape index (κ2) is 5.26. The van der Waals surface area contributed by atoms with Gasteiger partial charge in [-0.05, 0) is 36.8 Å². The minimum Gasteiger partial charge on any atom is -0.497 e. The van der Waals surface area contributed by atoms with Crippen molar-refractivity contribution in [3.63, 3.8) is 0 Å². The van der Waals surface area contributed by atoms with E-state index in [1.54, 1.807) is 14.2 Å². The molecule has 0 aliphatic rings. The molecule has 0 saturated heterocycles. The molecule has 1 heterocycles. The average Bonchev–Trinajstić information content (AvgIpc) is 2.81. The van der Waals surface area contributed by atoms with E-state index in [0.29, 0.717) is 4.77 Å². The maximum atomic E-state index is 5.46. The van der Waals surface area contributed by atoms with Crippen molar-refractivity contribution in [1.82, 2.24) is 9.55 Å². The van der Waals surface area contributed by atoms with E-state index in [0.717, 1.165) is 28.2 Å². The van der Waals surface area contributed by atoms with E-state index < -0.39 is 0 Å². The Kier molecular flexibility index (Phi) is 3.43. The van der Waals surface area contributed by atoms with Crippen molar-refractivity contribution in [2.24, 2.45) is 0 Å². The molecular formula is C16H16N2O2S. The van der Waals surface area contributed by atoms with Gasteiger partial charge in [-0.15, -0.1) is 0 Å². The molecule has 0 saturated carbocycles. The van der Waals surface area contributed by atoms with Crippen LogP contribution in [0.25, 0.3) is 16.7 Å². The number of imidazole rings is 1. The number of benzene rings is 2. The van der Waals surface area contributed by atoms with Crippen LogP contribution in [-0.4, -0.2) is 23.8 Å². The monoisotopic (exact) mass is 300 g/mol. The topological polar surface area (TPSA) is 39.2 Å². The van der Waals surface area contributed by atoms with E-state index in [9.17, 15) is 0 Å². The van der Waals surface area contributed by atoms with Crippen molar-refractivity contribution in [2.75, 3.05) is 14.2 Å². The number of hydrogen-bond donors (Lipinski definition) is 1. The Labute approximate surface area is 127 Å². The van der Waals surface area contributed by atoms with Gasteiger partial charge in [0.2, 0.25) is 0 Å². The zero-order chi connectivity index (χ0) is 15.0. The lowest BCUT2D eigenvalue weighted by Gasteiger charge is -2.10. The molecule has 3 rings (SSSR count). The Morgan fingerprint density at radius 3 is 2.29 bits per heavy atom. The largest absolute Gasteiger partial charge is 0.497 e. The van der Waals surface area contributed by atoms with Gasteiger partial charge in [0, 0.05) is 18.2 Å². The van der Waals surface area contributed by atoms with Crippen LogP contribution in [-0.2, 0) is 0 Å². The summed E-state index contributed by atoms with van der Waals surface area (Å²) in [5.41, 5.74) is 4.14. The van der Waals surface area contributed by atoms with Crippen molar-refractivity contribution in [3.8, 4) is 17.2 Å². The highest BCUT2D eigenvalue weighted by Gasteiger charge is 2.09. The van der Waals surface area contributed by atoms with Crippen LogP contribution >= 0.6 is 12.2 Å². The number of nitrogens with zero attached hydrogens (tertiary/aromatic N) is 1. The van der Waals surface area contributed by atoms with Gasteiger partial charge in [0.1, 0.15) is 11.5 Å². The first kappa shape index (κ1) is 13.7. The summed E-state index contributed by atoms with van der Waals surface area (Å²) in [5.74, 6) is 1.46. The zero-order valence-corrected chi connectivity index (χ0v) is 13.0. The van der Waals surface area contributed by atoms with Crippen LogP contribution in [0.15, 0.2) is 36.4 Å². The second-order valence-corrected chi connectivity index (χ2v) is 5.24. The summed E-state index contributed by atoms with van der Waals surface area (Å²) in [6.45, 7) is 2.06. The molecule has 3 aromatic rings. The molecule has 0 radical (unpaired) electrons. The number of aromatic nitrogens is 2. The smallest absolute Gasteiger partial charge is 0.182 e. The molecule has 21 heavy (non-hydrogen) atoms. The molecule has 0 unspecified atom stereocenters. The molecule has 0 bridgehead atoms. The summed E-state index contributed by atoms with van der Waals surface area (Å²) in [5, 5.41) is 0. The van der Waals surface area contributed by atoms with E-state index in [2.05, 4.69) is 30.1 Å². The van der Waals surface area contributed by atoms with Gasteiger partial charge < -0.3 is 14.5 Å². The summed E-state index contributed by atoms with van der Waals surface area (Å²) in [4.78, 5) is 3.24. The molecular weight excluding hydrogens is 284 g/mol. The lowest BCUT2D eigenvalue weighted by molar-refractivity contribution is 0.394. The van der Waals surface area contributed by atoms with Gasteiger partial charge in [0.15, 0.2) is 4.77 Å². The maximum absolute atomic E-state index is 5.46. The van der Waals surface area contributed by atoms with Crippen LogP contribution in [0.5, 0.6) is 11.5 Å². The molecule has 4 nitrogen and oxygen atoms in total. The molecule has 1 N–H and O–H groups in total. The number of hydrogen-bond acceptors (Lipinski definition) is 3. The summed E-state index contributed by atoms with van der Waals surface area (Å²) in [6, 6.07) is 11.9. The van der Waals surface area contributed by atoms with Gasteiger partial charge >= 0.3 is 0 Å². The first-order chi connectivity index (χ1) is 10.1. The SMILES string of the molecule is COc1cc(OC)cc(-n2c(=S)[nH]c3cc(C)ccc32)c1. The van der Waals surface area contributed by atoms with E-state index in [1.807, 2.05) is 22.8 Å². The van der Waals surface area contributed by atoms with Gasteiger partial charge in [-0.3, -0.25) is 4.57 Å². The number of rotatable bonds is 3. The highest BCUT2D eigenvalue weighted by Crippen LogP contribution is 2.28. The molecule has 2 aromatic carbocycles. The predicted molar refractivity (Wildman–Crippen MR) is 86.3 cm³/mol. The molecule has 0 aliphatic heterocycles. The predicted octanol–water partition coefficient (Wildman–Crippen LogP) is 4.01. The lowest BCUT2D eigenvalue weighted by atomic mass is 10.2. The van der Waals surface area contributed by atoms with E-state index in [1.165, 1.54) is 5.56 Å². The Morgan fingerprint density at radius 1 is 1.00 bits per heavy atom. The molecule has 0 amide bonds. The molecule has 0 fully saturated rings. The van der Waals surface area contributed by atoms with Crippen molar-refractivity contribution in [3.05, 3.63) is 46.7 Å². The van der Waals surface area contributed by atoms with Crippen LogP contribution in [0.3, 0.4) is 0 Å². The number of ether oxygens (including phenoxy) is 2. The molecule has 1 aromatic heterocycles. The van der Waals surface area contributed by atoms with Crippen LogP contribution < -0.4 is 9.47 Å². The van der Waals surface area contributed by atoms with Crippen molar-refractivity contribution < 1.29 is 9.47 Å². The maximum Gasteiger partial charge on any atom is 0.182 e. The van der Waals surface area contributed by atoms with E-state index in [-0.39, 0.29) is 0 Å². The number of aromatic amines is 1. The van der Waals surface area contributed by atoms with Gasteiger partial charge in [-0.2, -0.15) is 0 Å². The van der Waals surface area contributed by atoms with E-state index in [4.69, 9.17) is 21.7 Å². The molecule has 0 atom stereocenters. The average molecular weight is 300 g/mol. The first-order valence-corrected chi connectivity index (χ1v) is 6.98. The third kappa shape index (κ3) is 2.40. The standard InChI is InChI=1S/C16H16N2O2S/c1-10-4-5-15-14(6-10)17-16(21)18(15)11-7-12(19-2)9-13(8-11)20-3/h4-9H,1-3H3,(H,17,21). The van der Waals surface area contributed by atoms with Crippen LogP contribution in [0.4, 0.5) is 0 Å². The van der Waals surface area contributed by atoms with Gasteiger partial charge in [-0.25, -0.2) is 0 Å². The minimum absolute atomic E-state index is 0.644. The molecule has 5 heteroatoms. The summed E-state index contributed by atoms with van der Waals surface area (Å²) >= 11 is 5.46. The summed E-state index contributed by atoms with van der Waals surface area (Å²) in [7, 11) is 3.27. The lowest BCUT2D eigenvalue weighted by Crippen LogP contribution is -1.96. The normalized spacial score (nSPS) is 10.8. The highest BCUT2D eigenvalue weighted by molar-refractivity contribution is 7.71. The molecule has 0 spiro atoms. The van der Waals surface area contributed by atoms with Crippen molar-refractivity contribution in [1.29, 1.82) is 0 Å². The fourth-order valence-electron chi connectivity index (χ4n) is 2.40. The van der Waals surface area contributed by atoms with Gasteiger partial charge in [0.25, 0.3) is 0 Å². The van der Waals surface area contributed by atoms with Crippen LogP contribution in [0.2, 0.25) is 0 Å². The Balaban J connectivity index is 2.29. The number of nitrogens with one attached hydrogen (secondary N) is 1. The highest BCUT2D eigenvalue weighted by atomic mass is 32.1. The fourth-order valence-corrected chi connectivity index (χ4v) is 2.72. The van der Waals surface area contributed by atoms with E-state index >= 15 is 0 Å². The first-order valence-electron chi connectivity index (χ1n) is 6.57. The summed E-state index contributed by atoms with van der Waals surface area (Å²) in [6.07, 6.45) is 0. The third-order valence-corrected chi connectivity index (χ3v) is 3.72. The molecule has 0 aliphatic carbocycles. The van der Waals surface area contributed by atoms with Crippen molar-refractivity contribution in [2.45, 2.75) is 6.92 Å². The van der Waals surface area contributed by atoms with Gasteiger partial charge in [-0.1, -0.05) is 6.07 Å². The zero-order valence-electron chi connectivity index (χ0n) is 12.1. The number of H-pyrrole nitrogens is 1. The van der Waals surface area contributed by atoms with Gasteiger partial charge in [0.05, 0.1) is 30.9 Å². The fraction of sp³-hybridized carbons (Fsp3) is 0.188. The Bertz CT molecular complexity index is 842. The second-order valence-electron chi connectivity index (χ2n) is 4.86. The van der Waals surface area contributed by atoms with Crippen molar-refractivity contribution >= 4 is 23.3 Å². The minimum atomic E-state index is 0.644.